The minimum absolute atomic E-state index is 0.189. The molecule has 0 atom stereocenters. The second-order valence-corrected chi connectivity index (χ2v) is 3.77. The molecule has 0 amide bonds. The van der Waals surface area contributed by atoms with Crippen molar-refractivity contribution in [2.75, 3.05) is 0 Å². The predicted molar refractivity (Wildman–Crippen MR) is 64.4 cm³/mol. The third-order valence-electron chi connectivity index (χ3n) is 2.46. The fraction of sp³-hybridized carbons (Fsp3) is 0.0833. The highest BCUT2D eigenvalue weighted by molar-refractivity contribution is 5.85. The standard InChI is InChI=1S/C12H10N2O5/c15-6-7-2-1-3-8(4-7)14-5-9(16)11(17)10(13-14)12(18)19/h1-5,15-16H,6H2,(H,18,19). The van der Waals surface area contributed by atoms with E-state index in [1.807, 2.05) is 0 Å². The molecule has 1 aromatic heterocycles. The smallest absolute Gasteiger partial charge is 0.360 e. The van der Waals surface area contributed by atoms with Gasteiger partial charge in [0.15, 0.2) is 5.75 Å². The third kappa shape index (κ3) is 2.45. The average molecular weight is 262 g/mol. The predicted octanol–water partition coefficient (Wildman–Crippen LogP) is 0.129. The number of aliphatic hydroxyl groups is 1. The van der Waals surface area contributed by atoms with Crippen LogP contribution in [0.4, 0.5) is 0 Å². The van der Waals surface area contributed by atoms with Crippen LogP contribution in [0.2, 0.25) is 0 Å². The first-order valence-corrected chi connectivity index (χ1v) is 5.29. The Morgan fingerprint density at radius 3 is 2.74 bits per heavy atom. The molecule has 0 bridgehead atoms. The van der Waals surface area contributed by atoms with Crippen molar-refractivity contribution in [3.63, 3.8) is 0 Å². The molecule has 0 saturated carbocycles. The quantitative estimate of drug-likeness (QED) is 0.724. The van der Waals surface area contributed by atoms with Gasteiger partial charge in [0.05, 0.1) is 18.5 Å². The number of carbonyl (C=O) groups is 1. The average Bonchev–Trinajstić information content (AvgIpc) is 2.41. The van der Waals surface area contributed by atoms with E-state index in [-0.39, 0.29) is 6.61 Å². The number of hydrogen-bond acceptors (Lipinski definition) is 5. The van der Waals surface area contributed by atoms with Crippen LogP contribution in [0.1, 0.15) is 16.1 Å². The van der Waals surface area contributed by atoms with Gasteiger partial charge in [0, 0.05) is 0 Å². The van der Waals surface area contributed by atoms with Crippen molar-refractivity contribution in [3.05, 3.63) is 51.9 Å². The lowest BCUT2D eigenvalue weighted by Gasteiger charge is -2.08. The molecule has 0 aliphatic heterocycles. The fourth-order valence-corrected chi connectivity index (χ4v) is 1.55. The lowest BCUT2D eigenvalue weighted by molar-refractivity contribution is 0.0686. The SMILES string of the molecule is O=C(O)c1nn(-c2cccc(CO)c2)cc(O)c1=O. The molecule has 2 rings (SSSR count). The molecule has 3 N–H and O–H groups in total. The Labute approximate surface area is 107 Å². The molecule has 7 nitrogen and oxygen atoms in total. The minimum atomic E-state index is -1.52. The topological polar surface area (TPSA) is 113 Å². The van der Waals surface area contributed by atoms with Gasteiger partial charge in [0.25, 0.3) is 5.43 Å². The van der Waals surface area contributed by atoms with E-state index < -0.39 is 22.8 Å². The van der Waals surface area contributed by atoms with E-state index in [2.05, 4.69) is 5.10 Å². The number of aromatic nitrogens is 2. The first-order valence-electron chi connectivity index (χ1n) is 5.29. The monoisotopic (exact) mass is 262 g/mol. The number of carboxylic acid groups (broad SMARTS) is 1. The van der Waals surface area contributed by atoms with Gasteiger partial charge in [-0.3, -0.25) is 4.79 Å². The fourth-order valence-electron chi connectivity index (χ4n) is 1.55. The molecule has 19 heavy (non-hydrogen) atoms. The van der Waals surface area contributed by atoms with Gasteiger partial charge in [-0.25, -0.2) is 9.48 Å². The zero-order valence-electron chi connectivity index (χ0n) is 9.65. The zero-order valence-corrected chi connectivity index (χ0v) is 9.65. The van der Waals surface area contributed by atoms with Crippen LogP contribution in [-0.4, -0.2) is 31.1 Å². The number of aromatic carboxylic acids is 1. The first-order chi connectivity index (χ1) is 9.02. The summed E-state index contributed by atoms with van der Waals surface area (Å²) >= 11 is 0. The van der Waals surface area contributed by atoms with Gasteiger partial charge < -0.3 is 15.3 Å². The number of aliphatic hydroxyl groups excluding tert-OH is 1. The summed E-state index contributed by atoms with van der Waals surface area (Å²) in [4.78, 5) is 22.2. The van der Waals surface area contributed by atoms with Gasteiger partial charge >= 0.3 is 5.97 Å². The lowest BCUT2D eigenvalue weighted by atomic mass is 10.2. The van der Waals surface area contributed by atoms with Crippen molar-refractivity contribution >= 4 is 5.97 Å². The van der Waals surface area contributed by atoms with Crippen molar-refractivity contribution in [1.82, 2.24) is 9.78 Å². The Kier molecular flexibility index (Phi) is 3.30. The second-order valence-electron chi connectivity index (χ2n) is 3.77. The van der Waals surface area contributed by atoms with Crippen molar-refractivity contribution < 1.29 is 20.1 Å². The van der Waals surface area contributed by atoms with Crippen LogP contribution >= 0.6 is 0 Å². The van der Waals surface area contributed by atoms with Crippen LogP contribution in [0.15, 0.2) is 35.3 Å². The first kappa shape index (κ1) is 12.8. The highest BCUT2D eigenvalue weighted by atomic mass is 16.4. The maximum atomic E-state index is 11.4. The zero-order chi connectivity index (χ0) is 14.0. The summed E-state index contributed by atoms with van der Waals surface area (Å²) in [6, 6.07) is 6.46. The van der Waals surface area contributed by atoms with Crippen LogP contribution < -0.4 is 5.43 Å². The molecule has 1 aromatic carbocycles. The summed E-state index contributed by atoms with van der Waals surface area (Å²) in [6.45, 7) is -0.189. The summed E-state index contributed by atoms with van der Waals surface area (Å²) in [5.41, 5.74) is -0.796. The molecule has 0 spiro atoms. The Morgan fingerprint density at radius 2 is 2.11 bits per heavy atom. The molecule has 0 saturated heterocycles. The van der Waals surface area contributed by atoms with Crippen LogP contribution in [-0.2, 0) is 6.61 Å². The second kappa shape index (κ2) is 4.91. The molecule has 2 aromatic rings. The van der Waals surface area contributed by atoms with Crippen molar-refractivity contribution in [1.29, 1.82) is 0 Å². The third-order valence-corrected chi connectivity index (χ3v) is 2.46. The summed E-state index contributed by atoms with van der Waals surface area (Å²) in [6.07, 6.45) is 1.02. The van der Waals surface area contributed by atoms with E-state index in [1.165, 1.54) is 0 Å². The number of carboxylic acids is 1. The number of benzene rings is 1. The van der Waals surface area contributed by atoms with Crippen molar-refractivity contribution in [2.24, 2.45) is 0 Å². The Morgan fingerprint density at radius 1 is 1.37 bits per heavy atom. The van der Waals surface area contributed by atoms with Crippen molar-refractivity contribution in [3.8, 4) is 11.4 Å². The van der Waals surface area contributed by atoms with Crippen LogP contribution in [0.25, 0.3) is 5.69 Å². The highest BCUT2D eigenvalue weighted by Gasteiger charge is 2.15. The summed E-state index contributed by atoms with van der Waals surface area (Å²) < 4.78 is 1.07. The maximum Gasteiger partial charge on any atom is 0.360 e. The minimum Gasteiger partial charge on any atom is -0.503 e. The van der Waals surface area contributed by atoms with Gasteiger partial charge in [-0.2, -0.15) is 5.10 Å². The molecule has 0 aliphatic carbocycles. The van der Waals surface area contributed by atoms with Gasteiger partial charge in [0.2, 0.25) is 5.69 Å². The Bertz CT molecular complexity index is 693. The number of rotatable bonds is 3. The van der Waals surface area contributed by atoms with E-state index in [1.54, 1.807) is 24.3 Å². The van der Waals surface area contributed by atoms with E-state index in [0.29, 0.717) is 11.3 Å². The molecule has 1 heterocycles. The molecular formula is C12H10N2O5. The molecular weight excluding hydrogens is 252 g/mol. The number of nitrogens with zero attached hydrogens (tertiary/aromatic N) is 2. The van der Waals surface area contributed by atoms with Crippen LogP contribution in [0, 0.1) is 0 Å². The van der Waals surface area contributed by atoms with E-state index in [9.17, 15) is 14.7 Å². The molecule has 98 valence electrons. The molecule has 0 aliphatic rings. The van der Waals surface area contributed by atoms with Crippen LogP contribution in [0.3, 0.4) is 0 Å². The molecule has 7 heteroatoms. The van der Waals surface area contributed by atoms with Crippen molar-refractivity contribution in [2.45, 2.75) is 6.61 Å². The summed E-state index contributed by atoms with van der Waals surface area (Å²) in [5, 5.41) is 30.9. The van der Waals surface area contributed by atoms with Crippen LogP contribution in [0.5, 0.6) is 5.75 Å². The molecule has 0 radical (unpaired) electrons. The van der Waals surface area contributed by atoms with E-state index in [4.69, 9.17) is 10.2 Å². The van der Waals surface area contributed by atoms with Gasteiger partial charge in [0.1, 0.15) is 0 Å². The molecule has 0 unspecified atom stereocenters. The van der Waals surface area contributed by atoms with Gasteiger partial charge in [-0.1, -0.05) is 12.1 Å². The summed E-state index contributed by atoms with van der Waals surface area (Å²) in [7, 11) is 0. The number of aromatic hydroxyl groups is 1. The van der Waals surface area contributed by atoms with Gasteiger partial charge in [-0.15, -0.1) is 0 Å². The maximum absolute atomic E-state index is 11.4. The normalized spacial score (nSPS) is 10.4. The van der Waals surface area contributed by atoms with Gasteiger partial charge in [-0.05, 0) is 17.7 Å². The lowest BCUT2D eigenvalue weighted by Crippen LogP contribution is -2.21. The largest absolute Gasteiger partial charge is 0.503 e. The Hall–Kier alpha value is -2.67. The van der Waals surface area contributed by atoms with E-state index >= 15 is 0 Å². The van der Waals surface area contributed by atoms with E-state index in [0.717, 1.165) is 10.9 Å². The Balaban J connectivity index is 2.62. The molecule has 0 fully saturated rings. The summed E-state index contributed by atoms with van der Waals surface area (Å²) in [5.74, 6) is -2.23. The number of hydrogen-bond donors (Lipinski definition) is 3. The highest BCUT2D eigenvalue weighted by Crippen LogP contribution is 2.11.